The molecule has 0 spiro atoms. The highest BCUT2D eigenvalue weighted by molar-refractivity contribution is 6.10. The first-order valence-electron chi connectivity index (χ1n) is 4.98. The molecule has 1 atom stereocenters. The third-order valence-electron chi connectivity index (χ3n) is 2.83. The number of rotatable bonds is 6. The van der Waals surface area contributed by atoms with Crippen LogP contribution in [0.3, 0.4) is 0 Å². The molecule has 13 heavy (non-hydrogen) atoms. The zero-order valence-corrected chi connectivity index (χ0v) is 9.46. The van der Waals surface area contributed by atoms with Crippen LogP contribution in [0.15, 0.2) is 0 Å². The number of methoxy groups -OCH3 is 1. The fourth-order valence-corrected chi connectivity index (χ4v) is 1.65. The monoisotopic (exact) mass is 184 g/mol. The van der Waals surface area contributed by atoms with Crippen molar-refractivity contribution in [3.8, 4) is 0 Å². The van der Waals surface area contributed by atoms with Crippen LogP contribution < -0.4 is 0 Å². The van der Waals surface area contributed by atoms with Crippen LogP contribution in [0.25, 0.3) is 0 Å². The lowest BCUT2D eigenvalue weighted by atomic mass is 9.84. The normalized spacial score (nSPS) is 14.9. The summed E-state index contributed by atoms with van der Waals surface area (Å²) in [5.41, 5.74) is -0.143. The van der Waals surface area contributed by atoms with E-state index in [0.717, 1.165) is 12.8 Å². The van der Waals surface area contributed by atoms with E-state index in [4.69, 9.17) is 17.3 Å². The second-order valence-corrected chi connectivity index (χ2v) is 3.65. The van der Waals surface area contributed by atoms with Crippen molar-refractivity contribution >= 4 is 7.85 Å². The van der Waals surface area contributed by atoms with E-state index in [9.17, 15) is 0 Å². The summed E-state index contributed by atoms with van der Waals surface area (Å²) in [5.74, 6) is 0.448. The van der Waals surface area contributed by atoms with Gasteiger partial charge in [0.25, 0.3) is 0 Å². The van der Waals surface area contributed by atoms with Gasteiger partial charge in [0, 0.05) is 7.11 Å². The zero-order chi connectivity index (χ0) is 10.5. The molecule has 0 aromatic carbocycles. The Balaban J connectivity index is 4.38. The van der Waals surface area contributed by atoms with Crippen LogP contribution in [0.5, 0.6) is 0 Å². The van der Waals surface area contributed by atoms with E-state index >= 15 is 0 Å². The first-order valence-corrected chi connectivity index (χ1v) is 4.98. The number of ether oxygens (including phenoxy) is 2. The van der Waals surface area contributed by atoms with Crippen molar-refractivity contribution in [1.82, 2.24) is 0 Å². The van der Waals surface area contributed by atoms with Crippen molar-refractivity contribution in [2.24, 2.45) is 5.92 Å². The third kappa shape index (κ3) is 3.32. The number of hydrogen-bond donors (Lipinski definition) is 0. The van der Waals surface area contributed by atoms with Crippen molar-refractivity contribution in [3.63, 3.8) is 0 Å². The van der Waals surface area contributed by atoms with Gasteiger partial charge < -0.3 is 9.47 Å². The van der Waals surface area contributed by atoms with Crippen LogP contribution >= 0.6 is 0 Å². The fraction of sp³-hybridized carbons (Fsp3) is 1.00. The second kappa shape index (κ2) is 5.66. The van der Waals surface area contributed by atoms with Gasteiger partial charge in [-0.15, -0.1) is 0 Å². The van der Waals surface area contributed by atoms with Gasteiger partial charge in [0.05, 0.1) is 5.60 Å². The summed E-state index contributed by atoms with van der Waals surface area (Å²) in [6.07, 6.45) is 1.30. The smallest absolute Gasteiger partial charge is 0.149 e. The summed E-state index contributed by atoms with van der Waals surface area (Å²) in [6, 6.07) is 0. The fourth-order valence-electron chi connectivity index (χ4n) is 1.65. The summed E-state index contributed by atoms with van der Waals surface area (Å²) in [6.45, 7) is 8.53. The molecule has 0 aromatic rings. The Hall–Kier alpha value is -0.0151. The predicted molar refractivity (Wildman–Crippen MR) is 55.8 cm³/mol. The molecule has 0 saturated heterocycles. The lowest BCUT2D eigenvalue weighted by molar-refractivity contribution is -0.179. The van der Waals surface area contributed by atoms with Crippen molar-refractivity contribution < 1.29 is 9.47 Å². The minimum absolute atomic E-state index is 0.143. The SMILES string of the molecule is [B]C(OC)OC(CC)(CC)C(C)C. The van der Waals surface area contributed by atoms with E-state index in [1.54, 1.807) is 7.11 Å². The molecule has 0 aliphatic rings. The molecule has 3 heteroatoms. The minimum atomic E-state index is -0.609. The van der Waals surface area contributed by atoms with Gasteiger partial charge in [-0.2, -0.15) is 0 Å². The van der Waals surface area contributed by atoms with Crippen LogP contribution in [0.4, 0.5) is 0 Å². The van der Waals surface area contributed by atoms with Crippen molar-refractivity contribution in [2.75, 3.05) is 7.11 Å². The molecule has 0 amide bonds. The summed E-state index contributed by atoms with van der Waals surface area (Å²) in [5, 5.41) is 0. The molecule has 2 radical (unpaired) electrons. The molecule has 0 fully saturated rings. The molecule has 0 aromatic heterocycles. The molecule has 0 heterocycles. The van der Waals surface area contributed by atoms with Crippen LogP contribution in [0.2, 0.25) is 0 Å². The Labute approximate surface area is 83.4 Å². The maximum atomic E-state index is 5.70. The largest absolute Gasteiger partial charge is 0.365 e. The molecule has 0 rings (SSSR count). The predicted octanol–water partition coefficient (Wildman–Crippen LogP) is 2.32. The molecule has 0 saturated carbocycles. The summed E-state index contributed by atoms with van der Waals surface area (Å²) >= 11 is 0. The molecule has 0 aliphatic heterocycles. The Kier molecular flexibility index (Phi) is 5.65. The quantitative estimate of drug-likeness (QED) is 0.465. The summed E-state index contributed by atoms with van der Waals surface area (Å²) in [7, 11) is 7.16. The summed E-state index contributed by atoms with van der Waals surface area (Å²) < 4.78 is 10.6. The molecule has 2 nitrogen and oxygen atoms in total. The molecular weight excluding hydrogens is 163 g/mol. The van der Waals surface area contributed by atoms with Crippen molar-refractivity contribution in [3.05, 3.63) is 0 Å². The third-order valence-corrected chi connectivity index (χ3v) is 2.83. The molecule has 0 N–H and O–H groups in total. The lowest BCUT2D eigenvalue weighted by Crippen LogP contribution is -2.41. The zero-order valence-electron chi connectivity index (χ0n) is 9.46. The number of hydrogen-bond acceptors (Lipinski definition) is 2. The van der Waals surface area contributed by atoms with Gasteiger partial charge in [-0.1, -0.05) is 27.7 Å². The average molecular weight is 184 g/mol. The highest BCUT2D eigenvalue weighted by atomic mass is 16.7. The average Bonchev–Trinajstić information content (AvgIpc) is 2.13. The van der Waals surface area contributed by atoms with E-state index in [1.165, 1.54) is 0 Å². The van der Waals surface area contributed by atoms with Crippen LogP contribution in [0, 0.1) is 5.92 Å². The minimum Gasteiger partial charge on any atom is -0.365 e. The van der Waals surface area contributed by atoms with Gasteiger partial charge in [-0.05, 0) is 18.8 Å². The van der Waals surface area contributed by atoms with E-state index in [2.05, 4.69) is 27.7 Å². The van der Waals surface area contributed by atoms with E-state index < -0.39 is 6.19 Å². The van der Waals surface area contributed by atoms with Gasteiger partial charge in [-0.3, -0.25) is 0 Å². The molecule has 76 valence electrons. The Morgan fingerprint density at radius 3 is 1.92 bits per heavy atom. The van der Waals surface area contributed by atoms with E-state index in [0.29, 0.717) is 5.92 Å². The summed E-state index contributed by atoms with van der Waals surface area (Å²) in [4.78, 5) is 0. The standard InChI is InChI=1S/C10H21BO2/c1-6-10(7-2,8(3)4)13-9(11)12-5/h8-9H,6-7H2,1-5H3. The Morgan fingerprint density at radius 1 is 1.23 bits per heavy atom. The lowest BCUT2D eigenvalue weighted by Gasteiger charge is -2.38. The van der Waals surface area contributed by atoms with Gasteiger partial charge in [-0.25, -0.2) is 0 Å². The molecule has 0 aliphatic carbocycles. The van der Waals surface area contributed by atoms with Gasteiger partial charge >= 0.3 is 0 Å². The van der Waals surface area contributed by atoms with E-state index in [-0.39, 0.29) is 5.60 Å². The van der Waals surface area contributed by atoms with Crippen LogP contribution in [-0.4, -0.2) is 26.7 Å². The highest BCUT2D eigenvalue weighted by Crippen LogP contribution is 2.30. The van der Waals surface area contributed by atoms with E-state index in [1.807, 2.05) is 0 Å². The van der Waals surface area contributed by atoms with Crippen molar-refractivity contribution in [1.29, 1.82) is 0 Å². The topological polar surface area (TPSA) is 18.5 Å². The van der Waals surface area contributed by atoms with Crippen LogP contribution in [0.1, 0.15) is 40.5 Å². The van der Waals surface area contributed by atoms with Crippen LogP contribution in [-0.2, 0) is 9.47 Å². The second-order valence-electron chi connectivity index (χ2n) is 3.65. The maximum Gasteiger partial charge on any atom is 0.149 e. The van der Waals surface area contributed by atoms with Gasteiger partial charge in [0.2, 0.25) is 0 Å². The molecular formula is C10H21BO2. The highest BCUT2D eigenvalue weighted by Gasteiger charge is 2.32. The van der Waals surface area contributed by atoms with Crippen molar-refractivity contribution in [2.45, 2.75) is 52.3 Å². The van der Waals surface area contributed by atoms with Gasteiger partial charge in [0.1, 0.15) is 14.0 Å². The molecule has 0 bridgehead atoms. The van der Waals surface area contributed by atoms with Gasteiger partial charge in [0.15, 0.2) is 0 Å². The molecule has 1 unspecified atom stereocenters. The maximum absolute atomic E-state index is 5.70. The Morgan fingerprint density at radius 2 is 1.69 bits per heavy atom. The Bertz CT molecular complexity index is 133. The first kappa shape index (κ1) is 13.0. The first-order chi connectivity index (χ1) is 6.02.